The predicted molar refractivity (Wildman–Crippen MR) is 89.0 cm³/mol. The minimum absolute atomic E-state index is 0.0946. The van der Waals surface area contributed by atoms with Crippen molar-refractivity contribution in [2.75, 3.05) is 6.61 Å². The van der Waals surface area contributed by atoms with Crippen molar-refractivity contribution in [2.24, 2.45) is 0 Å². The summed E-state index contributed by atoms with van der Waals surface area (Å²) in [6.45, 7) is 5.01. The van der Waals surface area contributed by atoms with Gasteiger partial charge in [-0.2, -0.15) is 0 Å². The first-order chi connectivity index (χ1) is 11.2. The summed E-state index contributed by atoms with van der Waals surface area (Å²) in [5.41, 5.74) is 2.75. The molecule has 4 heteroatoms. The highest BCUT2D eigenvalue weighted by molar-refractivity contribution is 5.94. The van der Waals surface area contributed by atoms with Gasteiger partial charge in [-0.15, -0.1) is 0 Å². The topological polar surface area (TPSA) is 47.6 Å². The molecule has 23 heavy (non-hydrogen) atoms. The van der Waals surface area contributed by atoms with E-state index in [0.717, 1.165) is 23.5 Å². The van der Waals surface area contributed by atoms with Crippen molar-refractivity contribution in [1.82, 2.24) is 5.32 Å². The maximum atomic E-state index is 12.2. The maximum Gasteiger partial charge on any atom is 0.251 e. The van der Waals surface area contributed by atoms with Crippen LogP contribution in [0.5, 0.6) is 11.5 Å². The third-order valence-electron chi connectivity index (χ3n) is 3.85. The number of amides is 1. The second-order valence-electron chi connectivity index (χ2n) is 5.68. The number of nitrogens with one attached hydrogen (secondary N) is 1. The van der Waals surface area contributed by atoms with Crippen molar-refractivity contribution in [2.45, 2.75) is 32.9 Å². The Labute approximate surface area is 136 Å². The van der Waals surface area contributed by atoms with E-state index in [4.69, 9.17) is 9.47 Å². The number of carbonyl (C=O) groups is 1. The fourth-order valence-corrected chi connectivity index (χ4v) is 2.78. The standard InChI is InChI=1S/C19H21NO3/c1-3-22-17-10-15-9-13(2)23-18(15)11-16(17)12-20-19(21)14-7-5-4-6-8-14/h4-8,10-11,13H,3,9,12H2,1-2H3,(H,20,21). The molecule has 0 saturated heterocycles. The Hall–Kier alpha value is -2.49. The predicted octanol–water partition coefficient (Wildman–Crippen LogP) is 3.34. The molecule has 1 N–H and O–H groups in total. The average Bonchev–Trinajstić information content (AvgIpc) is 2.92. The van der Waals surface area contributed by atoms with Gasteiger partial charge in [-0.05, 0) is 38.1 Å². The van der Waals surface area contributed by atoms with Crippen LogP contribution in [0.25, 0.3) is 0 Å². The van der Waals surface area contributed by atoms with Crippen LogP contribution in [0.2, 0.25) is 0 Å². The zero-order valence-electron chi connectivity index (χ0n) is 13.5. The number of benzene rings is 2. The number of carbonyl (C=O) groups excluding carboxylic acids is 1. The lowest BCUT2D eigenvalue weighted by molar-refractivity contribution is 0.0950. The minimum Gasteiger partial charge on any atom is -0.494 e. The molecule has 4 nitrogen and oxygen atoms in total. The highest BCUT2D eigenvalue weighted by atomic mass is 16.5. The van der Waals surface area contributed by atoms with Gasteiger partial charge in [0.15, 0.2) is 0 Å². The molecule has 1 atom stereocenters. The molecule has 0 aromatic heterocycles. The monoisotopic (exact) mass is 311 g/mol. The molecule has 0 aliphatic carbocycles. The fourth-order valence-electron chi connectivity index (χ4n) is 2.78. The van der Waals surface area contributed by atoms with Crippen LogP contribution in [-0.2, 0) is 13.0 Å². The van der Waals surface area contributed by atoms with Crippen molar-refractivity contribution in [3.63, 3.8) is 0 Å². The Balaban J connectivity index is 1.76. The minimum atomic E-state index is -0.0946. The molecule has 2 aromatic carbocycles. The van der Waals surface area contributed by atoms with Gasteiger partial charge >= 0.3 is 0 Å². The van der Waals surface area contributed by atoms with E-state index in [-0.39, 0.29) is 12.0 Å². The zero-order valence-corrected chi connectivity index (χ0v) is 13.5. The van der Waals surface area contributed by atoms with Crippen LogP contribution >= 0.6 is 0 Å². The van der Waals surface area contributed by atoms with E-state index < -0.39 is 0 Å². The summed E-state index contributed by atoms with van der Waals surface area (Å²) in [5, 5.41) is 2.94. The maximum absolute atomic E-state index is 12.2. The molecule has 1 amide bonds. The molecule has 0 saturated carbocycles. The van der Waals surface area contributed by atoms with E-state index in [1.54, 1.807) is 12.1 Å². The van der Waals surface area contributed by atoms with Crippen LogP contribution in [0.4, 0.5) is 0 Å². The van der Waals surface area contributed by atoms with Crippen molar-refractivity contribution in [3.8, 4) is 11.5 Å². The van der Waals surface area contributed by atoms with Crippen molar-refractivity contribution in [1.29, 1.82) is 0 Å². The normalized spacial score (nSPS) is 15.7. The van der Waals surface area contributed by atoms with Gasteiger partial charge in [0.2, 0.25) is 0 Å². The highest BCUT2D eigenvalue weighted by Crippen LogP contribution is 2.35. The van der Waals surface area contributed by atoms with Crippen molar-refractivity contribution in [3.05, 3.63) is 59.2 Å². The van der Waals surface area contributed by atoms with Gasteiger partial charge in [0.25, 0.3) is 5.91 Å². The van der Waals surface area contributed by atoms with E-state index >= 15 is 0 Å². The summed E-state index contributed by atoms with van der Waals surface area (Å²) in [4.78, 5) is 12.2. The van der Waals surface area contributed by atoms with Crippen LogP contribution < -0.4 is 14.8 Å². The summed E-state index contributed by atoms with van der Waals surface area (Å²) >= 11 is 0. The van der Waals surface area contributed by atoms with Gasteiger partial charge in [-0.1, -0.05) is 18.2 Å². The van der Waals surface area contributed by atoms with Gasteiger partial charge in [0.1, 0.15) is 17.6 Å². The van der Waals surface area contributed by atoms with Gasteiger partial charge < -0.3 is 14.8 Å². The lowest BCUT2D eigenvalue weighted by Crippen LogP contribution is -2.23. The molecule has 120 valence electrons. The molecule has 0 radical (unpaired) electrons. The second kappa shape index (κ2) is 6.73. The first-order valence-electron chi connectivity index (χ1n) is 7.96. The first kappa shape index (κ1) is 15.4. The van der Waals surface area contributed by atoms with Gasteiger partial charge in [0, 0.05) is 29.7 Å². The number of hydrogen-bond acceptors (Lipinski definition) is 3. The summed E-state index contributed by atoms with van der Waals surface area (Å²) in [6.07, 6.45) is 1.08. The Kier molecular flexibility index (Phi) is 4.51. The fraction of sp³-hybridized carbons (Fsp3) is 0.316. The third kappa shape index (κ3) is 3.47. The molecule has 3 rings (SSSR count). The Morgan fingerprint density at radius 1 is 1.30 bits per heavy atom. The molecular weight excluding hydrogens is 290 g/mol. The van der Waals surface area contributed by atoms with E-state index in [2.05, 4.69) is 12.2 Å². The highest BCUT2D eigenvalue weighted by Gasteiger charge is 2.22. The molecule has 1 unspecified atom stereocenters. The lowest BCUT2D eigenvalue weighted by Gasteiger charge is -2.13. The number of hydrogen-bond donors (Lipinski definition) is 1. The number of ether oxygens (including phenoxy) is 2. The molecule has 0 bridgehead atoms. The van der Waals surface area contributed by atoms with Crippen LogP contribution in [0.15, 0.2) is 42.5 Å². The number of fused-ring (bicyclic) bond motifs is 1. The largest absolute Gasteiger partial charge is 0.494 e. The van der Waals surface area contributed by atoms with Crippen LogP contribution in [0, 0.1) is 0 Å². The van der Waals surface area contributed by atoms with E-state index in [0.29, 0.717) is 18.7 Å². The first-order valence-corrected chi connectivity index (χ1v) is 7.96. The van der Waals surface area contributed by atoms with E-state index in [9.17, 15) is 4.79 Å². The van der Waals surface area contributed by atoms with Crippen LogP contribution in [0.3, 0.4) is 0 Å². The summed E-state index contributed by atoms with van der Waals surface area (Å²) in [5.74, 6) is 1.62. The summed E-state index contributed by atoms with van der Waals surface area (Å²) in [6, 6.07) is 13.2. The second-order valence-corrected chi connectivity index (χ2v) is 5.68. The Morgan fingerprint density at radius 2 is 2.09 bits per heavy atom. The summed E-state index contributed by atoms with van der Waals surface area (Å²) in [7, 11) is 0. The molecule has 1 aliphatic heterocycles. The molecule has 2 aromatic rings. The lowest BCUT2D eigenvalue weighted by atomic mass is 10.1. The Bertz CT molecular complexity index is 697. The smallest absolute Gasteiger partial charge is 0.251 e. The molecule has 0 fully saturated rings. The third-order valence-corrected chi connectivity index (χ3v) is 3.85. The van der Waals surface area contributed by atoms with E-state index in [1.165, 1.54) is 5.56 Å². The molecule has 1 aliphatic rings. The zero-order chi connectivity index (χ0) is 16.2. The van der Waals surface area contributed by atoms with Crippen molar-refractivity contribution < 1.29 is 14.3 Å². The van der Waals surface area contributed by atoms with Gasteiger partial charge in [0.05, 0.1) is 6.61 Å². The SMILES string of the molecule is CCOc1cc2c(cc1CNC(=O)c1ccccc1)OC(C)C2. The number of rotatable bonds is 5. The Morgan fingerprint density at radius 3 is 2.83 bits per heavy atom. The van der Waals surface area contributed by atoms with Crippen LogP contribution in [0.1, 0.15) is 35.3 Å². The van der Waals surface area contributed by atoms with Gasteiger partial charge in [-0.25, -0.2) is 0 Å². The van der Waals surface area contributed by atoms with Gasteiger partial charge in [-0.3, -0.25) is 4.79 Å². The van der Waals surface area contributed by atoms with E-state index in [1.807, 2.05) is 37.3 Å². The molecule has 1 heterocycles. The average molecular weight is 311 g/mol. The molecular formula is C19H21NO3. The summed E-state index contributed by atoms with van der Waals surface area (Å²) < 4.78 is 11.5. The van der Waals surface area contributed by atoms with Crippen LogP contribution in [-0.4, -0.2) is 18.6 Å². The van der Waals surface area contributed by atoms with Crippen molar-refractivity contribution >= 4 is 5.91 Å². The quantitative estimate of drug-likeness (QED) is 0.921. The molecule has 0 spiro atoms.